The molecule has 4 nitrogen and oxygen atoms in total. The lowest BCUT2D eigenvalue weighted by Crippen LogP contribution is -2.28. The average Bonchev–Trinajstić information content (AvgIpc) is 2.90. The van der Waals surface area contributed by atoms with Gasteiger partial charge in [0.1, 0.15) is 28.8 Å². The van der Waals surface area contributed by atoms with Gasteiger partial charge in [0.05, 0.1) is 13.2 Å². The minimum Gasteiger partial charge on any atom is -0.429 e. The largest absolute Gasteiger partial charge is 0.573 e. The summed E-state index contributed by atoms with van der Waals surface area (Å²) in [6.45, 7) is 2.56. The second kappa shape index (κ2) is 13.0. The Kier molecular flexibility index (Phi) is 9.79. The predicted molar refractivity (Wildman–Crippen MR) is 132 cm³/mol. The van der Waals surface area contributed by atoms with Crippen LogP contribution in [0.3, 0.4) is 0 Å². The third kappa shape index (κ3) is 7.91. The Morgan fingerprint density at radius 2 is 1.35 bits per heavy atom. The van der Waals surface area contributed by atoms with Crippen LogP contribution in [-0.4, -0.2) is 19.6 Å². The van der Waals surface area contributed by atoms with Gasteiger partial charge in [0.25, 0.3) is 0 Å². The highest BCUT2D eigenvalue weighted by Crippen LogP contribution is 2.39. The molecule has 3 aromatic carbocycles. The second-order valence-corrected chi connectivity index (χ2v) is 9.80. The van der Waals surface area contributed by atoms with Crippen molar-refractivity contribution in [3.8, 4) is 22.6 Å². The van der Waals surface area contributed by atoms with Gasteiger partial charge in [-0.25, -0.2) is 22.0 Å². The zero-order chi connectivity index (χ0) is 31.5. The molecule has 1 fully saturated rings. The van der Waals surface area contributed by atoms with Crippen molar-refractivity contribution < 1.29 is 62.9 Å². The molecular weight excluding hydrogens is 602 g/mol. The molecule has 1 aliphatic heterocycles. The number of unbranched alkanes of at least 4 members (excludes halogenated alkanes) is 2. The molecule has 1 heterocycles. The van der Waals surface area contributed by atoms with Gasteiger partial charge in [-0.1, -0.05) is 26.2 Å². The molecule has 0 aliphatic carbocycles. The summed E-state index contributed by atoms with van der Waals surface area (Å²) in [5.41, 5.74) is -3.18. The Bertz CT molecular complexity index is 1390. The molecule has 0 atom stereocenters. The minimum atomic E-state index is -5.41. The van der Waals surface area contributed by atoms with E-state index in [1.165, 1.54) is 0 Å². The van der Waals surface area contributed by atoms with Crippen LogP contribution in [0.1, 0.15) is 50.0 Å². The average molecular weight is 626 g/mol. The molecule has 234 valence electrons. The molecule has 14 heteroatoms. The van der Waals surface area contributed by atoms with E-state index in [0.29, 0.717) is 36.4 Å². The first-order valence-electron chi connectivity index (χ1n) is 13.0. The van der Waals surface area contributed by atoms with E-state index in [1.807, 2.05) is 0 Å². The molecule has 0 unspecified atom stereocenters. The van der Waals surface area contributed by atoms with E-state index in [-0.39, 0.29) is 24.7 Å². The first-order chi connectivity index (χ1) is 20.2. The van der Waals surface area contributed by atoms with E-state index in [0.717, 1.165) is 31.7 Å². The molecular formula is C29H24F10O4. The maximum absolute atomic E-state index is 14.9. The number of alkyl halides is 5. The summed E-state index contributed by atoms with van der Waals surface area (Å²) in [7, 11) is 0. The fourth-order valence-corrected chi connectivity index (χ4v) is 4.51. The van der Waals surface area contributed by atoms with Crippen LogP contribution < -0.4 is 9.47 Å². The lowest BCUT2D eigenvalue weighted by atomic mass is 10.0. The topological polar surface area (TPSA) is 36.9 Å². The number of rotatable bonds is 10. The van der Waals surface area contributed by atoms with Crippen LogP contribution in [0.5, 0.6) is 11.5 Å². The normalized spacial score (nSPS) is 17.7. The quantitative estimate of drug-likeness (QED) is 0.166. The van der Waals surface area contributed by atoms with Gasteiger partial charge in [-0.2, -0.15) is 8.78 Å². The third-order valence-electron chi connectivity index (χ3n) is 6.52. The van der Waals surface area contributed by atoms with Gasteiger partial charge >= 0.3 is 12.5 Å². The Labute approximate surface area is 239 Å². The van der Waals surface area contributed by atoms with Gasteiger partial charge in [0.15, 0.2) is 17.9 Å². The van der Waals surface area contributed by atoms with Gasteiger partial charge in [0, 0.05) is 23.1 Å². The number of halogens is 10. The molecule has 0 aromatic heterocycles. The molecule has 3 aromatic rings. The van der Waals surface area contributed by atoms with Crippen LogP contribution in [0.15, 0.2) is 42.5 Å². The van der Waals surface area contributed by atoms with Crippen molar-refractivity contribution in [3.05, 3.63) is 82.7 Å². The summed E-state index contributed by atoms with van der Waals surface area (Å²) in [6, 6.07) is 3.64. The Morgan fingerprint density at radius 1 is 0.744 bits per heavy atom. The van der Waals surface area contributed by atoms with Crippen molar-refractivity contribution in [2.75, 3.05) is 13.2 Å². The zero-order valence-electron chi connectivity index (χ0n) is 22.4. The summed E-state index contributed by atoms with van der Waals surface area (Å²) < 4.78 is 158. The van der Waals surface area contributed by atoms with Crippen LogP contribution in [0, 0.1) is 35.0 Å². The standard InChI is InChI=1S/C29H24F10O4/c1-2-3-4-5-15-13-40-27(41-14-15)17-10-21(31)25(22(32)11-17)28(35,36)42-18-6-7-19(20(30)12-18)16-8-23(33)26(24(34)9-16)43-29(37,38)39/h6-12,15,27H,2-5,13-14H2,1H3. The molecule has 0 N–H and O–H groups in total. The minimum absolute atomic E-state index is 0.0853. The van der Waals surface area contributed by atoms with Crippen molar-refractivity contribution in [2.45, 2.75) is 51.4 Å². The molecule has 43 heavy (non-hydrogen) atoms. The van der Waals surface area contributed by atoms with Gasteiger partial charge < -0.3 is 18.9 Å². The first kappa shape index (κ1) is 32.4. The van der Waals surface area contributed by atoms with Gasteiger partial charge in [-0.3, -0.25) is 0 Å². The smallest absolute Gasteiger partial charge is 0.429 e. The Hall–Kier alpha value is -3.52. The highest BCUT2D eigenvalue weighted by atomic mass is 19.4. The summed E-state index contributed by atoms with van der Waals surface area (Å²) >= 11 is 0. The molecule has 1 aliphatic rings. The van der Waals surface area contributed by atoms with E-state index >= 15 is 0 Å². The molecule has 0 bridgehead atoms. The van der Waals surface area contributed by atoms with Crippen LogP contribution in [0.2, 0.25) is 0 Å². The molecule has 0 spiro atoms. The molecule has 0 radical (unpaired) electrons. The lowest BCUT2D eigenvalue weighted by Gasteiger charge is -2.30. The monoisotopic (exact) mass is 626 g/mol. The molecule has 0 saturated carbocycles. The fourth-order valence-electron chi connectivity index (χ4n) is 4.51. The highest BCUT2D eigenvalue weighted by Gasteiger charge is 2.42. The van der Waals surface area contributed by atoms with Gasteiger partial charge in [0.2, 0.25) is 5.75 Å². The van der Waals surface area contributed by atoms with Crippen molar-refractivity contribution >= 4 is 0 Å². The lowest BCUT2D eigenvalue weighted by molar-refractivity contribution is -0.276. The number of hydrogen-bond acceptors (Lipinski definition) is 4. The summed E-state index contributed by atoms with van der Waals surface area (Å²) in [5.74, 6) is -11.0. The maximum atomic E-state index is 14.9. The third-order valence-corrected chi connectivity index (χ3v) is 6.52. The number of benzene rings is 3. The van der Waals surface area contributed by atoms with Crippen LogP contribution in [0.25, 0.3) is 11.1 Å². The van der Waals surface area contributed by atoms with Gasteiger partial charge in [-0.15, -0.1) is 13.2 Å². The summed E-state index contributed by atoms with van der Waals surface area (Å²) in [6.07, 6.45) is -7.39. The van der Waals surface area contributed by atoms with Crippen molar-refractivity contribution in [2.24, 2.45) is 5.92 Å². The second-order valence-electron chi connectivity index (χ2n) is 9.80. The van der Waals surface area contributed by atoms with Crippen LogP contribution in [-0.2, 0) is 15.6 Å². The van der Waals surface area contributed by atoms with Crippen molar-refractivity contribution in [3.63, 3.8) is 0 Å². The van der Waals surface area contributed by atoms with Crippen molar-refractivity contribution in [1.82, 2.24) is 0 Å². The Morgan fingerprint density at radius 3 is 1.88 bits per heavy atom. The van der Waals surface area contributed by atoms with E-state index in [9.17, 15) is 43.9 Å². The molecule has 0 amide bonds. The van der Waals surface area contributed by atoms with Crippen molar-refractivity contribution in [1.29, 1.82) is 0 Å². The molecule has 4 rings (SSSR count). The number of hydrogen-bond donors (Lipinski definition) is 0. The SMILES string of the molecule is CCCCCC1COC(c2cc(F)c(C(F)(F)Oc3ccc(-c4cc(F)c(OC(F)(F)F)c(F)c4)c(F)c3)c(F)c2)OC1. The fraction of sp³-hybridized carbons (Fsp3) is 0.379. The van der Waals surface area contributed by atoms with E-state index in [4.69, 9.17) is 9.47 Å². The number of ether oxygens (including phenoxy) is 4. The summed E-state index contributed by atoms with van der Waals surface area (Å²) in [4.78, 5) is 0. The summed E-state index contributed by atoms with van der Waals surface area (Å²) in [5, 5.41) is 0. The highest BCUT2D eigenvalue weighted by molar-refractivity contribution is 5.66. The molecule has 1 saturated heterocycles. The predicted octanol–water partition coefficient (Wildman–Crippen LogP) is 9.32. The van der Waals surface area contributed by atoms with E-state index < -0.39 is 76.0 Å². The van der Waals surface area contributed by atoms with Crippen LogP contribution in [0.4, 0.5) is 43.9 Å². The van der Waals surface area contributed by atoms with Crippen LogP contribution >= 0.6 is 0 Å². The Balaban J connectivity index is 1.49. The maximum Gasteiger partial charge on any atom is 0.573 e. The first-order valence-corrected chi connectivity index (χ1v) is 13.0. The zero-order valence-corrected chi connectivity index (χ0v) is 22.4. The van der Waals surface area contributed by atoms with E-state index in [2.05, 4.69) is 16.4 Å². The van der Waals surface area contributed by atoms with Gasteiger partial charge in [-0.05, 0) is 48.4 Å². The van der Waals surface area contributed by atoms with E-state index in [1.54, 1.807) is 0 Å².